The van der Waals surface area contributed by atoms with Gasteiger partial charge >= 0.3 is 5.97 Å². The van der Waals surface area contributed by atoms with Crippen LogP contribution in [0.1, 0.15) is 46.5 Å². The zero-order chi connectivity index (χ0) is 23.4. The second-order valence-electron chi connectivity index (χ2n) is 7.26. The van der Waals surface area contributed by atoms with E-state index in [9.17, 15) is 14.7 Å². The number of Topliss-reactive ketones (excluding diaryl/α,β-unsaturated/α-hetero) is 1. The zero-order valence-corrected chi connectivity index (χ0v) is 19.2. The van der Waals surface area contributed by atoms with Gasteiger partial charge in [-0.3, -0.25) is 4.79 Å². The fraction of sp³-hybridized carbons (Fsp3) is 0.160. The number of carbonyl (C=O) groups is 2. The summed E-state index contributed by atoms with van der Waals surface area (Å²) < 4.78 is 0. The standard InChI is InChI=1S/C25H22Cl2N2O3/c1-4-15(2)29(18-12-10-17(11-13-18)25(31)32)24-19(7-6-14-28-24)16(3)23(30)22-20(26)8-5-9-21(22)27/h5-15H,3-4H2,1-2H3,(H,31,32). The third-order valence-corrected chi connectivity index (χ3v) is 5.86. The van der Waals surface area contributed by atoms with Crippen molar-refractivity contribution in [2.75, 3.05) is 4.90 Å². The molecule has 0 bridgehead atoms. The average molecular weight is 469 g/mol. The van der Waals surface area contributed by atoms with Crippen LogP contribution < -0.4 is 4.90 Å². The Labute approximate surface area is 196 Å². The van der Waals surface area contributed by atoms with Crippen molar-refractivity contribution in [2.24, 2.45) is 0 Å². The van der Waals surface area contributed by atoms with E-state index in [0.717, 1.165) is 12.1 Å². The van der Waals surface area contributed by atoms with Crippen molar-refractivity contribution in [3.63, 3.8) is 0 Å². The number of carboxylic acids is 1. The molecule has 0 aliphatic heterocycles. The van der Waals surface area contributed by atoms with Crippen molar-refractivity contribution in [1.29, 1.82) is 0 Å². The molecule has 0 fully saturated rings. The van der Waals surface area contributed by atoms with Crippen LogP contribution in [0.5, 0.6) is 0 Å². The number of allylic oxidation sites excluding steroid dienone is 1. The van der Waals surface area contributed by atoms with Crippen LogP contribution in [0.3, 0.4) is 0 Å². The summed E-state index contributed by atoms with van der Waals surface area (Å²) in [6, 6.07) is 14.9. The summed E-state index contributed by atoms with van der Waals surface area (Å²) in [5.74, 6) is -0.854. The van der Waals surface area contributed by atoms with E-state index in [0.29, 0.717) is 11.4 Å². The SMILES string of the molecule is C=C(C(=O)c1c(Cl)cccc1Cl)c1cccnc1N(c1ccc(C(=O)O)cc1)C(C)CC. The number of nitrogens with zero attached hydrogens (tertiary/aromatic N) is 2. The van der Waals surface area contributed by atoms with Crippen LogP contribution in [-0.4, -0.2) is 27.9 Å². The lowest BCUT2D eigenvalue weighted by molar-refractivity contribution is 0.0696. The fourth-order valence-electron chi connectivity index (χ4n) is 3.35. The van der Waals surface area contributed by atoms with Crippen molar-refractivity contribution < 1.29 is 14.7 Å². The van der Waals surface area contributed by atoms with E-state index in [-0.39, 0.29) is 38.6 Å². The number of halogens is 2. The van der Waals surface area contributed by atoms with Crippen LogP contribution in [0.4, 0.5) is 11.5 Å². The molecule has 0 spiro atoms. The summed E-state index contributed by atoms with van der Waals surface area (Å²) in [6.07, 6.45) is 2.42. The molecule has 32 heavy (non-hydrogen) atoms. The Kier molecular flexibility index (Phi) is 7.33. The minimum Gasteiger partial charge on any atom is -0.478 e. The molecule has 0 aliphatic carbocycles. The van der Waals surface area contributed by atoms with Crippen LogP contribution in [0, 0.1) is 0 Å². The first-order valence-corrected chi connectivity index (χ1v) is 10.8. The van der Waals surface area contributed by atoms with E-state index < -0.39 is 5.97 Å². The van der Waals surface area contributed by atoms with Crippen molar-refractivity contribution in [3.8, 4) is 0 Å². The lowest BCUT2D eigenvalue weighted by Crippen LogP contribution is -2.29. The molecule has 1 unspecified atom stereocenters. The quantitative estimate of drug-likeness (QED) is 0.287. The number of rotatable bonds is 8. The molecule has 0 amide bonds. The Morgan fingerprint density at radius 3 is 2.25 bits per heavy atom. The highest BCUT2D eigenvalue weighted by molar-refractivity contribution is 6.44. The highest BCUT2D eigenvalue weighted by Crippen LogP contribution is 2.36. The second kappa shape index (κ2) is 9.98. The topological polar surface area (TPSA) is 70.5 Å². The van der Waals surface area contributed by atoms with Gasteiger partial charge in [0.15, 0.2) is 5.78 Å². The molecular formula is C25H22Cl2N2O3. The van der Waals surface area contributed by atoms with Gasteiger partial charge in [-0.1, -0.05) is 42.8 Å². The minimum absolute atomic E-state index is 0.00568. The lowest BCUT2D eigenvalue weighted by Gasteiger charge is -2.31. The Balaban J connectivity index is 2.10. The summed E-state index contributed by atoms with van der Waals surface area (Å²) in [4.78, 5) is 31.1. The third kappa shape index (κ3) is 4.69. The monoisotopic (exact) mass is 468 g/mol. The van der Waals surface area contributed by atoms with Gasteiger partial charge in [-0.25, -0.2) is 9.78 Å². The Hall–Kier alpha value is -3.15. The van der Waals surface area contributed by atoms with Crippen molar-refractivity contribution in [3.05, 3.63) is 94.1 Å². The van der Waals surface area contributed by atoms with Crippen molar-refractivity contribution in [2.45, 2.75) is 26.3 Å². The van der Waals surface area contributed by atoms with Crippen LogP contribution in [0.2, 0.25) is 10.0 Å². The van der Waals surface area contributed by atoms with Crippen LogP contribution in [0.25, 0.3) is 5.57 Å². The van der Waals surface area contributed by atoms with Crippen molar-refractivity contribution >= 4 is 52.0 Å². The summed E-state index contributed by atoms with van der Waals surface area (Å²) in [5.41, 5.74) is 1.87. The highest BCUT2D eigenvalue weighted by atomic mass is 35.5. The first kappa shape index (κ1) is 23.5. The van der Waals surface area contributed by atoms with Gasteiger partial charge in [-0.2, -0.15) is 0 Å². The first-order valence-electron chi connectivity index (χ1n) is 10.0. The number of anilines is 2. The fourth-order valence-corrected chi connectivity index (χ4v) is 3.91. The molecular weight excluding hydrogens is 447 g/mol. The maximum Gasteiger partial charge on any atom is 0.335 e. The summed E-state index contributed by atoms with van der Waals surface area (Å²) in [7, 11) is 0. The number of hydrogen-bond acceptors (Lipinski definition) is 4. The maximum atomic E-state index is 13.3. The van der Waals surface area contributed by atoms with Gasteiger partial charge < -0.3 is 10.0 Å². The zero-order valence-electron chi connectivity index (χ0n) is 17.7. The molecule has 1 heterocycles. The van der Waals surface area contributed by atoms with Gasteiger partial charge in [-0.15, -0.1) is 0 Å². The number of carboxylic acid groups (broad SMARTS) is 1. The molecule has 7 heteroatoms. The molecule has 3 aromatic rings. The van der Waals surface area contributed by atoms with Gasteiger partial charge in [0, 0.05) is 29.1 Å². The molecule has 0 radical (unpaired) electrons. The summed E-state index contributed by atoms with van der Waals surface area (Å²) in [5, 5.41) is 9.72. The predicted octanol–water partition coefficient (Wildman–Crippen LogP) is 6.92. The Morgan fingerprint density at radius 2 is 1.69 bits per heavy atom. The number of benzene rings is 2. The molecule has 2 aromatic carbocycles. The highest BCUT2D eigenvalue weighted by Gasteiger charge is 2.25. The van der Waals surface area contributed by atoms with E-state index in [1.165, 1.54) is 0 Å². The van der Waals surface area contributed by atoms with E-state index >= 15 is 0 Å². The van der Waals surface area contributed by atoms with Crippen LogP contribution in [0.15, 0.2) is 67.4 Å². The van der Waals surface area contributed by atoms with Crippen molar-refractivity contribution in [1.82, 2.24) is 4.98 Å². The van der Waals surface area contributed by atoms with Gasteiger partial charge in [0.2, 0.25) is 0 Å². The number of aromatic carboxylic acids is 1. The lowest BCUT2D eigenvalue weighted by atomic mass is 9.97. The number of pyridine rings is 1. The van der Waals surface area contributed by atoms with Gasteiger partial charge in [0.05, 0.1) is 21.2 Å². The molecule has 0 saturated carbocycles. The average Bonchev–Trinajstić information content (AvgIpc) is 2.79. The Bertz CT molecular complexity index is 1160. The molecule has 3 rings (SSSR count). The van der Waals surface area contributed by atoms with Crippen LogP contribution in [-0.2, 0) is 0 Å². The number of carbonyl (C=O) groups excluding carboxylic acids is 1. The molecule has 1 N–H and O–H groups in total. The van der Waals surface area contributed by atoms with Gasteiger partial charge in [-0.05, 0) is 61.9 Å². The minimum atomic E-state index is -0.999. The van der Waals surface area contributed by atoms with Crippen LogP contribution >= 0.6 is 23.2 Å². The summed E-state index contributed by atoms with van der Waals surface area (Å²) in [6.45, 7) is 8.10. The summed E-state index contributed by atoms with van der Waals surface area (Å²) >= 11 is 12.5. The molecule has 1 aromatic heterocycles. The molecule has 0 aliphatic rings. The van der Waals surface area contributed by atoms with E-state index in [4.69, 9.17) is 23.2 Å². The largest absolute Gasteiger partial charge is 0.478 e. The number of aromatic nitrogens is 1. The predicted molar refractivity (Wildman–Crippen MR) is 129 cm³/mol. The number of ketones is 1. The molecule has 0 saturated heterocycles. The third-order valence-electron chi connectivity index (χ3n) is 5.23. The smallest absolute Gasteiger partial charge is 0.335 e. The van der Waals surface area contributed by atoms with E-state index in [2.05, 4.69) is 11.6 Å². The van der Waals surface area contributed by atoms with E-state index in [1.807, 2.05) is 18.7 Å². The molecule has 5 nitrogen and oxygen atoms in total. The number of hydrogen-bond donors (Lipinski definition) is 1. The Morgan fingerprint density at radius 1 is 1.06 bits per heavy atom. The molecule has 164 valence electrons. The van der Waals surface area contributed by atoms with E-state index in [1.54, 1.807) is 60.8 Å². The van der Waals surface area contributed by atoms with Gasteiger partial charge in [0.1, 0.15) is 5.82 Å². The maximum absolute atomic E-state index is 13.3. The first-order chi connectivity index (χ1) is 15.3. The van der Waals surface area contributed by atoms with Gasteiger partial charge in [0.25, 0.3) is 0 Å². The normalized spacial score (nSPS) is 11.6. The second-order valence-corrected chi connectivity index (χ2v) is 8.07. The molecule has 1 atom stereocenters.